The van der Waals surface area contributed by atoms with Gasteiger partial charge in [0.15, 0.2) is 0 Å². The van der Waals surface area contributed by atoms with Crippen molar-refractivity contribution in [2.45, 2.75) is 12.1 Å². The van der Waals surface area contributed by atoms with Crippen LogP contribution in [0, 0.1) is 0 Å². The fourth-order valence-electron chi connectivity index (χ4n) is 1.62. The smallest absolute Gasteiger partial charge is 0.369 e. The van der Waals surface area contributed by atoms with Crippen LogP contribution in [0.5, 0.6) is 0 Å². The predicted molar refractivity (Wildman–Crippen MR) is 62.3 cm³/mol. The van der Waals surface area contributed by atoms with Gasteiger partial charge in [-0.15, -0.1) is 0 Å². The number of primary amides is 1. The minimum atomic E-state index is -4.57. The minimum absolute atomic E-state index is 0.220. The third-order valence-corrected chi connectivity index (χ3v) is 3.19. The van der Waals surface area contributed by atoms with Crippen LogP contribution in [0.25, 0.3) is 0 Å². The Balaban J connectivity index is 3.28. The van der Waals surface area contributed by atoms with Crippen molar-refractivity contribution in [3.05, 3.63) is 35.4 Å². The molecule has 1 rings (SSSR count). The highest BCUT2D eigenvalue weighted by Crippen LogP contribution is 2.35. The summed E-state index contributed by atoms with van der Waals surface area (Å²) >= 11 is 0. The third-order valence-electron chi connectivity index (χ3n) is 2.39. The standard InChI is InChI=1S/C11H12F3NO2S/c1-18(17)6-8(10(15)16)7-4-2-3-5-9(7)11(12,13)14/h2-5,8H,6H2,1H3,(H2,15,16). The zero-order valence-electron chi connectivity index (χ0n) is 9.53. The number of hydrogen-bond donors (Lipinski definition) is 1. The van der Waals surface area contributed by atoms with Gasteiger partial charge in [0.2, 0.25) is 5.91 Å². The number of carbonyl (C=O) groups is 1. The fourth-order valence-corrected chi connectivity index (χ4v) is 2.43. The Morgan fingerprint density at radius 1 is 1.39 bits per heavy atom. The van der Waals surface area contributed by atoms with Crippen molar-refractivity contribution in [2.75, 3.05) is 12.0 Å². The van der Waals surface area contributed by atoms with Crippen LogP contribution in [-0.2, 0) is 21.8 Å². The van der Waals surface area contributed by atoms with Crippen molar-refractivity contribution >= 4 is 16.7 Å². The fraction of sp³-hybridized carbons (Fsp3) is 0.364. The molecule has 0 radical (unpaired) electrons. The number of alkyl halides is 3. The van der Waals surface area contributed by atoms with Gasteiger partial charge in [-0.2, -0.15) is 13.2 Å². The van der Waals surface area contributed by atoms with Crippen LogP contribution in [-0.4, -0.2) is 22.1 Å². The lowest BCUT2D eigenvalue weighted by molar-refractivity contribution is -0.138. The molecule has 0 fully saturated rings. The maximum atomic E-state index is 12.8. The van der Waals surface area contributed by atoms with E-state index < -0.39 is 34.4 Å². The van der Waals surface area contributed by atoms with Crippen molar-refractivity contribution in [2.24, 2.45) is 5.73 Å². The van der Waals surface area contributed by atoms with E-state index in [1.807, 2.05) is 0 Å². The van der Waals surface area contributed by atoms with Gasteiger partial charge in [0.1, 0.15) is 0 Å². The minimum Gasteiger partial charge on any atom is -0.369 e. The van der Waals surface area contributed by atoms with Crippen LogP contribution in [0.15, 0.2) is 24.3 Å². The Morgan fingerprint density at radius 2 is 1.94 bits per heavy atom. The highest BCUT2D eigenvalue weighted by molar-refractivity contribution is 7.84. The SMILES string of the molecule is CS(=O)CC(C(N)=O)c1ccccc1C(F)(F)F. The molecule has 2 N–H and O–H groups in total. The van der Waals surface area contributed by atoms with E-state index >= 15 is 0 Å². The van der Waals surface area contributed by atoms with Crippen molar-refractivity contribution < 1.29 is 22.2 Å². The lowest BCUT2D eigenvalue weighted by Gasteiger charge is -2.18. The normalized spacial score (nSPS) is 15.1. The van der Waals surface area contributed by atoms with E-state index in [1.165, 1.54) is 24.5 Å². The first-order chi connectivity index (χ1) is 8.23. The van der Waals surface area contributed by atoms with Crippen LogP contribution < -0.4 is 5.73 Å². The summed E-state index contributed by atoms with van der Waals surface area (Å²) in [6.07, 6.45) is -3.26. The lowest BCUT2D eigenvalue weighted by atomic mass is 9.95. The molecule has 0 saturated carbocycles. The summed E-state index contributed by atoms with van der Waals surface area (Å²) in [7, 11) is -1.42. The second-order valence-electron chi connectivity index (χ2n) is 3.78. The van der Waals surface area contributed by atoms with Gasteiger partial charge in [-0.25, -0.2) is 0 Å². The first-order valence-corrected chi connectivity index (χ1v) is 6.71. The Morgan fingerprint density at radius 3 is 2.39 bits per heavy atom. The molecule has 0 aliphatic carbocycles. The largest absolute Gasteiger partial charge is 0.416 e. The molecule has 2 atom stereocenters. The molecule has 3 nitrogen and oxygen atoms in total. The van der Waals surface area contributed by atoms with Crippen LogP contribution in [0.1, 0.15) is 17.0 Å². The third kappa shape index (κ3) is 3.56. The van der Waals surface area contributed by atoms with E-state index in [0.29, 0.717) is 0 Å². The van der Waals surface area contributed by atoms with Gasteiger partial charge in [0.25, 0.3) is 0 Å². The van der Waals surface area contributed by atoms with Gasteiger partial charge < -0.3 is 5.73 Å². The monoisotopic (exact) mass is 279 g/mol. The molecule has 0 heterocycles. The summed E-state index contributed by atoms with van der Waals surface area (Å²) in [4.78, 5) is 11.2. The molecule has 0 bridgehead atoms. The molecule has 0 aliphatic rings. The zero-order valence-corrected chi connectivity index (χ0v) is 10.3. The molecule has 7 heteroatoms. The number of nitrogens with two attached hydrogens (primary N) is 1. The average molecular weight is 279 g/mol. The molecule has 0 aliphatic heterocycles. The molecular weight excluding hydrogens is 267 g/mol. The Kier molecular flexibility index (Phi) is 4.50. The van der Waals surface area contributed by atoms with Gasteiger partial charge in [-0.1, -0.05) is 18.2 Å². The topological polar surface area (TPSA) is 60.2 Å². The van der Waals surface area contributed by atoms with Crippen LogP contribution in [0.3, 0.4) is 0 Å². The predicted octanol–water partition coefficient (Wildman–Crippen LogP) is 1.65. The number of halogens is 3. The molecule has 0 aromatic heterocycles. The molecule has 0 spiro atoms. The number of benzene rings is 1. The summed E-state index contributed by atoms with van der Waals surface area (Å²) < 4.78 is 49.5. The van der Waals surface area contributed by atoms with Gasteiger partial charge in [-0.05, 0) is 11.6 Å². The maximum absolute atomic E-state index is 12.8. The quantitative estimate of drug-likeness (QED) is 0.911. The molecule has 18 heavy (non-hydrogen) atoms. The van der Waals surface area contributed by atoms with E-state index in [0.717, 1.165) is 6.07 Å². The zero-order chi connectivity index (χ0) is 13.9. The van der Waals surface area contributed by atoms with Crippen molar-refractivity contribution in [3.63, 3.8) is 0 Å². The number of hydrogen-bond acceptors (Lipinski definition) is 2. The molecule has 1 aromatic rings. The second kappa shape index (κ2) is 5.51. The summed E-state index contributed by atoms with van der Waals surface area (Å²) in [5.41, 5.74) is 3.94. The summed E-state index contributed by atoms with van der Waals surface area (Å²) in [5.74, 6) is -2.34. The average Bonchev–Trinajstić information content (AvgIpc) is 2.24. The van der Waals surface area contributed by atoms with Crippen LogP contribution in [0.4, 0.5) is 13.2 Å². The first-order valence-electron chi connectivity index (χ1n) is 4.99. The van der Waals surface area contributed by atoms with E-state index in [4.69, 9.17) is 5.73 Å². The summed E-state index contributed by atoms with van der Waals surface area (Å²) in [6.45, 7) is 0. The Labute approximate surface area is 105 Å². The maximum Gasteiger partial charge on any atom is 0.416 e. The van der Waals surface area contributed by atoms with Gasteiger partial charge in [-0.3, -0.25) is 9.00 Å². The highest BCUT2D eigenvalue weighted by atomic mass is 32.2. The molecule has 1 amide bonds. The number of amides is 1. The van der Waals surface area contributed by atoms with Gasteiger partial charge >= 0.3 is 6.18 Å². The molecule has 0 saturated heterocycles. The molecule has 2 unspecified atom stereocenters. The van der Waals surface area contributed by atoms with E-state index in [-0.39, 0.29) is 11.3 Å². The van der Waals surface area contributed by atoms with Crippen molar-refractivity contribution in [1.82, 2.24) is 0 Å². The highest BCUT2D eigenvalue weighted by Gasteiger charge is 2.36. The van der Waals surface area contributed by atoms with Gasteiger partial charge in [0, 0.05) is 22.8 Å². The van der Waals surface area contributed by atoms with Gasteiger partial charge in [0.05, 0.1) is 11.5 Å². The van der Waals surface area contributed by atoms with Crippen LogP contribution >= 0.6 is 0 Å². The van der Waals surface area contributed by atoms with E-state index in [9.17, 15) is 22.2 Å². The van der Waals surface area contributed by atoms with Crippen molar-refractivity contribution in [3.8, 4) is 0 Å². The van der Waals surface area contributed by atoms with E-state index in [2.05, 4.69) is 0 Å². The molecule has 1 aromatic carbocycles. The molecular formula is C11H12F3NO2S. The van der Waals surface area contributed by atoms with E-state index in [1.54, 1.807) is 0 Å². The van der Waals surface area contributed by atoms with Crippen LogP contribution in [0.2, 0.25) is 0 Å². The Bertz CT molecular complexity index is 474. The lowest BCUT2D eigenvalue weighted by Crippen LogP contribution is -2.28. The van der Waals surface area contributed by atoms with Crippen molar-refractivity contribution in [1.29, 1.82) is 0 Å². The number of rotatable bonds is 4. The summed E-state index contributed by atoms with van der Waals surface area (Å²) in [5, 5.41) is 0. The number of carbonyl (C=O) groups excluding carboxylic acids is 1. The Hall–Kier alpha value is -1.37. The second-order valence-corrected chi connectivity index (χ2v) is 5.26. The summed E-state index contributed by atoms with van der Waals surface area (Å²) in [6, 6.07) is 4.68. The first kappa shape index (κ1) is 14.7. The molecule has 100 valence electrons.